The van der Waals surface area contributed by atoms with E-state index in [1.165, 1.54) is 55.2 Å². The van der Waals surface area contributed by atoms with Gasteiger partial charge in [0.15, 0.2) is 0 Å². The molecule has 2 aromatic rings. The molecular formula is C20H27P. The summed E-state index contributed by atoms with van der Waals surface area (Å²) in [6.07, 6.45) is 7.44. The quantitative estimate of drug-likeness (QED) is 0.527. The summed E-state index contributed by atoms with van der Waals surface area (Å²) in [4.78, 5) is 0. The van der Waals surface area contributed by atoms with Crippen molar-refractivity contribution < 1.29 is 0 Å². The smallest absolute Gasteiger partial charge is 0.00145 e. The lowest BCUT2D eigenvalue weighted by molar-refractivity contribution is 0.722. The topological polar surface area (TPSA) is 0 Å². The van der Waals surface area contributed by atoms with Crippen LogP contribution in [-0.4, -0.2) is 0 Å². The fourth-order valence-electron chi connectivity index (χ4n) is 2.65. The molecule has 0 bridgehead atoms. The maximum absolute atomic E-state index is 3.01. The molecule has 0 heterocycles. The Bertz CT molecular complexity index is 501. The molecule has 0 radical (unpaired) electrons. The first kappa shape index (κ1) is 16.2. The van der Waals surface area contributed by atoms with Crippen LogP contribution in [0.25, 0.3) is 0 Å². The Balaban J connectivity index is 1.78. The van der Waals surface area contributed by atoms with Crippen LogP contribution in [0.1, 0.15) is 55.0 Å². The van der Waals surface area contributed by atoms with Gasteiger partial charge < -0.3 is 0 Å². The third kappa shape index (κ3) is 5.64. The van der Waals surface area contributed by atoms with Gasteiger partial charge in [-0.2, -0.15) is 0 Å². The molecule has 0 saturated heterocycles. The average Bonchev–Trinajstić information content (AvgIpc) is 2.54. The van der Waals surface area contributed by atoms with Gasteiger partial charge in [0, 0.05) is 0 Å². The van der Waals surface area contributed by atoms with Crippen molar-refractivity contribution in [1.29, 1.82) is 0 Å². The molecule has 112 valence electrons. The van der Waals surface area contributed by atoms with Crippen LogP contribution < -0.4 is 0 Å². The molecule has 0 aromatic heterocycles. The van der Waals surface area contributed by atoms with Crippen LogP contribution in [0.5, 0.6) is 0 Å². The van der Waals surface area contributed by atoms with Gasteiger partial charge in [-0.25, -0.2) is 0 Å². The molecule has 0 aliphatic carbocycles. The highest BCUT2D eigenvalue weighted by Crippen LogP contribution is 2.29. The van der Waals surface area contributed by atoms with Crippen molar-refractivity contribution in [3.05, 3.63) is 71.3 Å². The van der Waals surface area contributed by atoms with Crippen LogP contribution in [0.3, 0.4) is 0 Å². The molecule has 0 aliphatic rings. The predicted octanol–water partition coefficient (Wildman–Crippen LogP) is 5.97. The third-order valence-electron chi connectivity index (χ3n) is 4.05. The molecule has 0 N–H and O–H groups in total. The number of hydrogen-bond donors (Lipinski definition) is 0. The minimum atomic E-state index is 0.578. The molecule has 2 unspecified atom stereocenters. The van der Waals surface area contributed by atoms with Crippen LogP contribution in [0.15, 0.2) is 54.6 Å². The fourth-order valence-corrected chi connectivity index (χ4v) is 3.11. The Morgan fingerprint density at radius 3 is 2.10 bits per heavy atom. The zero-order chi connectivity index (χ0) is 14.9. The first-order valence-electron chi connectivity index (χ1n) is 8.18. The van der Waals surface area contributed by atoms with Crippen LogP contribution in [0.2, 0.25) is 0 Å². The minimum absolute atomic E-state index is 0.578. The molecule has 0 fully saturated rings. The lowest BCUT2D eigenvalue weighted by Crippen LogP contribution is -1.93. The maximum atomic E-state index is 3.01. The molecule has 2 aromatic carbocycles. The summed E-state index contributed by atoms with van der Waals surface area (Å²) >= 11 is 0. The highest BCUT2D eigenvalue weighted by atomic mass is 31.0. The molecule has 2 rings (SSSR count). The van der Waals surface area contributed by atoms with Gasteiger partial charge in [0.25, 0.3) is 0 Å². The monoisotopic (exact) mass is 298 g/mol. The average molecular weight is 298 g/mol. The fraction of sp³-hybridized carbons (Fsp3) is 0.400. The summed E-state index contributed by atoms with van der Waals surface area (Å²) in [7, 11) is 3.01. The first-order chi connectivity index (χ1) is 10.3. The second-order valence-corrected chi connectivity index (χ2v) is 6.63. The Kier molecular flexibility index (Phi) is 6.96. The first-order valence-corrected chi connectivity index (χ1v) is 8.84. The second-order valence-electron chi connectivity index (χ2n) is 5.83. The summed E-state index contributed by atoms with van der Waals surface area (Å²) < 4.78 is 0. The molecular weight excluding hydrogens is 271 g/mol. The molecule has 0 spiro atoms. The zero-order valence-corrected chi connectivity index (χ0v) is 14.2. The van der Waals surface area contributed by atoms with E-state index >= 15 is 0 Å². The normalized spacial score (nSPS) is 12.3. The Hall–Kier alpha value is -1.13. The Morgan fingerprint density at radius 1 is 0.810 bits per heavy atom. The van der Waals surface area contributed by atoms with Crippen molar-refractivity contribution >= 4 is 9.24 Å². The van der Waals surface area contributed by atoms with E-state index in [2.05, 4.69) is 70.8 Å². The molecule has 21 heavy (non-hydrogen) atoms. The van der Waals surface area contributed by atoms with E-state index in [1.54, 1.807) is 0 Å². The van der Waals surface area contributed by atoms with Gasteiger partial charge in [-0.05, 0) is 54.5 Å². The van der Waals surface area contributed by atoms with Crippen molar-refractivity contribution in [3.63, 3.8) is 0 Å². The van der Waals surface area contributed by atoms with Crippen LogP contribution >= 0.6 is 9.24 Å². The lowest BCUT2D eigenvalue weighted by atomic mass is 10.0. The van der Waals surface area contributed by atoms with Crippen LogP contribution in [0.4, 0.5) is 0 Å². The van der Waals surface area contributed by atoms with Crippen LogP contribution in [-0.2, 0) is 12.8 Å². The van der Waals surface area contributed by atoms with Crippen molar-refractivity contribution in [2.45, 2.75) is 51.1 Å². The van der Waals surface area contributed by atoms with E-state index < -0.39 is 0 Å². The van der Waals surface area contributed by atoms with Gasteiger partial charge in [-0.1, -0.05) is 67.9 Å². The maximum Gasteiger partial charge on any atom is -0.00145 e. The minimum Gasteiger partial charge on any atom is -0.130 e. The van der Waals surface area contributed by atoms with E-state index in [9.17, 15) is 0 Å². The van der Waals surface area contributed by atoms with Gasteiger partial charge in [-0.15, -0.1) is 9.24 Å². The van der Waals surface area contributed by atoms with Gasteiger partial charge in [0.2, 0.25) is 0 Å². The van der Waals surface area contributed by atoms with Crippen molar-refractivity contribution in [2.24, 2.45) is 0 Å². The zero-order valence-electron chi connectivity index (χ0n) is 13.1. The summed E-state index contributed by atoms with van der Waals surface area (Å²) in [5.74, 6) is 0. The SMILES string of the molecule is CCCCc1ccc(C(P)CCCc2ccccc2)cc1. The van der Waals surface area contributed by atoms with Gasteiger partial charge in [-0.3, -0.25) is 0 Å². The van der Waals surface area contributed by atoms with E-state index in [1.807, 2.05) is 0 Å². The predicted molar refractivity (Wildman–Crippen MR) is 96.9 cm³/mol. The number of hydrogen-bond acceptors (Lipinski definition) is 0. The van der Waals surface area contributed by atoms with Gasteiger partial charge >= 0.3 is 0 Å². The second kappa shape index (κ2) is 9.00. The van der Waals surface area contributed by atoms with Crippen LogP contribution in [0, 0.1) is 0 Å². The largest absolute Gasteiger partial charge is 0.130 e. The van der Waals surface area contributed by atoms with E-state index in [4.69, 9.17) is 0 Å². The van der Waals surface area contributed by atoms with Crippen molar-refractivity contribution in [2.75, 3.05) is 0 Å². The molecule has 0 saturated carbocycles. The van der Waals surface area contributed by atoms with Crippen molar-refractivity contribution in [3.8, 4) is 0 Å². The van der Waals surface area contributed by atoms with E-state index in [0.29, 0.717) is 5.66 Å². The summed E-state index contributed by atoms with van der Waals surface area (Å²) in [5, 5.41) is 0. The Morgan fingerprint density at radius 2 is 1.43 bits per heavy atom. The van der Waals surface area contributed by atoms with E-state index in [0.717, 1.165) is 0 Å². The Labute approximate surface area is 132 Å². The highest BCUT2D eigenvalue weighted by molar-refractivity contribution is 7.17. The molecule has 0 aliphatic heterocycles. The number of benzene rings is 2. The lowest BCUT2D eigenvalue weighted by Gasteiger charge is -2.12. The molecule has 0 amide bonds. The number of unbranched alkanes of at least 4 members (excludes halogenated alkanes) is 1. The molecule has 1 heteroatoms. The standard InChI is InChI=1S/C20H27P/c1-2-3-8-18-13-15-19(16-14-18)20(21)12-7-11-17-9-5-4-6-10-17/h4-6,9-10,13-16,20H,2-3,7-8,11-12,21H2,1H3. The van der Waals surface area contributed by atoms with Crippen molar-refractivity contribution in [1.82, 2.24) is 0 Å². The summed E-state index contributed by atoms with van der Waals surface area (Å²) in [6.45, 7) is 2.25. The molecule has 0 nitrogen and oxygen atoms in total. The highest BCUT2D eigenvalue weighted by Gasteiger charge is 2.05. The third-order valence-corrected chi connectivity index (χ3v) is 4.77. The van der Waals surface area contributed by atoms with Gasteiger partial charge in [0.05, 0.1) is 0 Å². The number of aryl methyl sites for hydroxylation is 2. The molecule has 2 atom stereocenters. The summed E-state index contributed by atoms with van der Waals surface area (Å²) in [5.41, 5.74) is 4.95. The number of rotatable bonds is 8. The summed E-state index contributed by atoms with van der Waals surface area (Å²) in [6, 6.07) is 20.0. The van der Waals surface area contributed by atoms with E-state index in [-0.39, 0.29) is 0 Å². The van der Waals surface area contributed by atoms with Gasteiger partial charge in [0.1, 0.15) is 0 Å².